The molecule has 1 aliphatic heterocycles. The fourth-order valence-electron chi connectivity index (χ4n) is 2.12. The highest BCUT2D eigenvalue weighted by Crippen LogP contribution is 2.18. The molecule has 0 aliphatic carbocycles. The quantitative estimate of drug-likeness (QED) is 0.769. The average molecular weight is 329 g/mol. The van der Waals surface area contributed by atoms with Crippen LogP contribution in [0.1, 0.15) is 12.8 Å². The highest BCUT2D eigenvalue weighted by Gasteiger charge is 2.19. The Balaban J connectivity index is 1.92. The fourth-order valence-corrected chi connectivity index (χ4v) is 3.24. The van der Waals surface area contributed by atoms with E-state index < -0.39 is 22.6 Å². The number of benzene rings is 1. The van der Waals surface area contributed by atoms with Crippen molar-refractivity contribution < 1.29 is 27.8 Å². The maximum absolute atomic E-state index is 12.2. The van der Waals surface area contributed by atoms with Gasteiger partial charge in [-0.2, -0.15) is 0 Å². The summed E-state index contributed by atoms with van der Waals surface area (Å²) in [5.41, 5.74) is 0. The van der Waals surface area contributed by atoms with Crippen LogP contribution in [0.4, 0.5) is 0 Å². The molecule has 0 atom stereocenters. The highest BCUT2D eigenvalue weighted by atomic mass is 32.2. The van der Waals surface area contributed by atoms with Crippen molar-refractivity contribution in [3.8, 4) is 5.75 Å². The van der Waals surface area contributed by atoms with E-state index in [1.54, 1.807) is 0 Å². The van der Waals surface area contributed by atoms with Crippen LogP contribution >= 0.6 is 0 Å². The topological polar surface area (TPSA) is 102 Å². The molecule has 1 aromatic carbocycles. The second-order valence-corrected chi connectivity index (χ2v) is 6.83. The van der Waals surface area contributed by atoms with E-state index in [-0.39, 0.29) is 4.90 Å². The van der Waals surface area contributed by atoms with Crippen molar-refractivity contribution in [3.63, 3.8) is 0 Å². The first kappa shape index (κ1) is 16.7. The van der Waals surface area contributed by atoms with Crippen molar-refractivity contribution in [1.29, 1.82) is 0 Å². The van der Waals surface area contributed by atoms with Gasteiger partial charge in [-0.25, -0.2) is 17.9 Å². The number of aliphatic carboxylic acids is 1. The van der Waals surface area contributed by atoms with E-state index in [1.807, 2.05) is 0 Å². The van der Waals surface area contributed by atoms with Crippen LogP contribution in [0.25, 0.3) is 0 Å². The van der Waals surface area contributed by atoms with Crippen LogP contribution < -0.4 is 9.46 Å². The Bertz CT molecular complexity index is 592. The molecule has 0 amide bonds. The molecule has 1 saturated heterocycles. The number of nitrogens with one attached hydrogen (secondary N) is 1. The predicted molar refractivity (Wildman–Crippen MR) is 78.3 cm³/mol. The van der Waals surface area contributed by atoms with Gasteiger partial charge in [-0.05, 0) is 43.0 Å². The van der Waals surface area contributed by atoms with Crippen molar-refractivity contribution in [2.75, 3.05) is 26.4 Å². The molecule has 122 valence electrons. The summed E-state index contributed by atoms with van der Waals surface area (Å²) in [7, 11) is -3.57. The van der Waals surface area contributed by atoms with Crippen LogP contribution in [0.5, 0.6) is 5.75 Å². The van der Waals surface area contributed by atoms with Gasteiger partial charge in [-0.15, -0.1) is 0 Å². The number of sulfonamides is 1. The van der Waals surface area contributed by atoms with Crippen molar-refractivity contribution in [3.05, 3.63) is 24.3 Å². The van der Waals surface area contributed by atoms with Gasteiger partial charge in [0.25, 0.3) is 0 Å². The third-order valence-electron chi connectivity index (χ3n) is 3.40. The Hall–Kier alpha value is -1.64. The second-order valence-electron chi connectivity index (χ2n) is 5.06. The lowest BCUT2D eigenvalue weighted by atomic mass is 10.0. The Morgan fingerprint density at radius 3 is 2.50 bits per heavy atom. The zero-order valence-corrected chi connectivity index (χ0v) is 12.8. The van der Waals surface area contributed by atoms with Crippen LogP contribution in [-0.2, 0) is 19.6 Å². The van der Waals surface area contributed by atoms with Crippen molar-refractivity contribution >= 4 is 16.0 Å². The summed E-state index contributed by atoms with van der Waals surface area (Å²) in [6, 6.07) is 5.66. The zero-order chi connectivity index (χ0) is 16.0. The lowest BCUT2D eigenvalue weighted by Crippen LogP contribution is -2.32. The first-order chi connectivity index (χ1) is 10.5. The molecule has 1 heterocycles. The van der Waals surface area contributed by atoms with Gasteiger partial charge in [-0.1, -0.05) is 0 Å². The van der Waals surface area contributed by atoms with Gasteiger partial charge in [0.1, 0.15) is 5.75 Å². The van der Waals surface area contributed by atoms with Gasteiger partial charge < -0.3 is 14.6 Å². The van der Waals surface area contributed by atoms with Gasteiger partial charge >= 0.3 is 5.97 Å². The largest absolute Gasteiger partial charge is 0.482 e. The van der Waals surface area contributed by atoms with Crippen LogP contribution in [0.15, 0.2) is 29.2 Å². The Morgan fingerprint density at radius 1 is 1.27 bits per heavy atom. The molecule has 0 saturated carbocycles. The minimum Gasteiger partial charge on any atom is -0.482 e. The molecule has 1 aromatic rings. The maximum Gasteiger partial charge on any atom is 0.341 e. The molecule has 8 heteroatoms. The fraction of sp³-hybridized carbons (Fsp3) is 0.500. The van der Waals surface area contributed by atoms with Gasteiger partial charge in [0.2, 0.25) is 10.0 Å². The molecular weight excluding hydrogens is 310 g/mol. The molecule has 1 aliphatic rings. The normalized spacial score (nSPS) is 16.4. The summed E-state index contributed by atoms with van der Waals surface area (Å²) in [6.07, 6.45) is 1.70. The number of carboxylic acids is 1. The van der Waals surface area contributed by atoms with Gasteiger partial charge in [-0.3, -0.25) is 0 Å². The van der Waals surface area contributed by atoms with Gasteiger partial charge in [0, 0.05) is 19.8 Å². The summed E-state index contributed by atoms with van der Waals surface area (Å²) >= 11 is 0. The van der Waals surface area contributed by atoms with E-state index in [2.05, 4.69) is 4.72 Å². The van der Waals surface area contributed by atoms with Crippen molar-refractivity contribution in [2.45, 2.75) is 17.7 Å². The molecule has 0 bridgehead atoms. The second kappa shape index (κ2) is 7.57. The van der Waals surface area contributed by atoms with E-state index in [1.165, 1.54) is 24.3 Å². The highest BCUT2D eigenvalue weighted by molar-refractivity contribution is 7.89. The summed E-state index contributed by atoms with van der Waals surface area (Å²) < 4.78 is 37.1. The lowest BCUT2D eigenvalue weighted by Gasteiger charge is -2.22. The monoisotopic (exact) mass is 329 g/mol. The summed E-state index contributed by atoms with van der Waals surface area (Å²) in [5, 5.41) is 8.51. The number of rotatable bonds is 7. The van der Waals surface area contributed by atoms with E-state index in [4.69, 9.17) is 14.6 Å². The zero-order valence-electron chi connectivity index (χ0n) is 12.0. The van der Waals surface area contributed by atoms with Crippen molar-refractivity contribution in [2.24, 2.45) is 5.92 Å². The average Bonchev–Trinajstić information content (AvgIpc) is 2.52. The third kappa shape index (κ3) is 4.97. The standard InChI is InChI=1S/C14H19NO6S/c16-14(17)10-21-12-1-3-13(4-2-12)22(18,19)15-9-11-5-7-20-8-6-11/h1-4,11,15H,5-10H2,(H,16,17). The summed E-state index contributed by atoms with van der Waals surface area (Å²) in [4.78, 5) is 10.5. The maximum atomic E-state index is 12.2. The Kier molecular flexibility index (Phi) is 5.76. The molecule has 2 rings (SSSR count). The number of carboxylic acid groups (broad SMARTS) is 1. The number of hydrogen-bond donors (Lipinski definition) is 2. The lowest BCUT2D eigenvalue weighted by molar-refractivity contribution is -0.139. The first-order valence-electron chi connectivity index (χ1n) is 6.99. The predicted octanol–water partition coefficient (Wildman–Crippen LogP) is 0.855. The molecule has 7 nitrogen and oxygen atoms in total. The molecule has 0 unspecified atom stereocenters. The molecule has 22 heavy (non-hydrogen) atoms. The molecule has 1 fully saturated rings. The molecule has 0 radical (unpaired) electrons. The number of hydrogen-bond acceptors (Lipinski definition) is 5. The number of carbonyl (C=O) groups is 1. The minimum absolute atomic E-state index is 0.127. The van der Waals surface area contributed by atoms with E-state index in [9.17, 15) is 13.2 Å². The van der Waals surface area contributed by atoms with E-state index in [0.717, 1.165) is 12.8 Å². The van der Waals surface area contributed by atoms with Crippen LogP contribution in [0.3, 0.4) is 0 Å². The van der Waals surface area contributed by atoms with Crippen LogP contribution in [0, 0.1) is 5.92 Å². The first-order valence-corrected chi connectivity index (χ1v) is 8.48. The molecule has 0 aromatic heterocycles. The third-order valence-corrected chi connectivity index (χ3v) is 4.84. The summed E-state index contributed by atoms with van der Waals surface area (Å²) in [5.74, 6) is -0.484. The minimum atomic E-state index is -3.57. The van der Waals surface area contributed by atoms with Crippen LogP contribution in [0.2, 0.25) is 0 Å². The van der Waals surface area contributed by atoms with Gasteiger partial charge in [0.15, 0.2) is 6.61 Å². The molecule has 0 spiro atoms. The smallest absolute Gasteiger partial charge is 0.341 e. The molecular formula is C14H19NO6S. The summed E-state index contributed by atoms with van der Waals surface area (Å²) in [6.45, 7) is 1.26. The Morgan fingerprint density at radius 2 is 1.91 bits per heavy atom. The van der Waals surface area contributed by atoms with E-state index >= 15 is 0 Å². The van der Waals surface area contributed by atoms with Crippen molar-refractivity contribution in [1.82, 2.24) is 4.72 Å². The Labute approximate surface area is 129 Å². The molecule has 2 N–H and O–H groups in total. The number of ether oxygens (including phenoxy) is 2. The van der Waals surface area contributed by atoms with Gasteiger partial charge in [0.05, 0.1) is 4.90 Å². The van der Waals surface area contributed by atoms with Crippen LogP contribution in [-0.4, -0.2) is 45.9 Å². The SMILES string of the molecule is O=C(O)COc1ccc(S(=O)(=O)NCC2CCOCC2)cc1. The van der Waals surface area contributed by atoms with E-state index in [0.29, 0.717) is 31.4 Å².